The Morgan fingerprint density at radius 3 is 2.62 bits per heavy atom. The molecule has 2 aromatic heterocycles. The second-order valence-corrected chi connectivity index (χ2v) is 11.7. The van der Waals surface area contributed by atoms with E-state index in [1.807, 2.05) is 17.2 Å². The number of aliphatic hydroxyl groups excluding tert-OH is 1. The average molecular weight is 510 g/mol. The van der Waals surface area contributed by atoms with Gasteiger partial charge in [-0.3, -0.25) is 14.7 Å². The zero-order chi connectivity index (χ0) is 26.4. The van der Waals surface area contributed by atoms with Crippen LogP contribution in [0.5, 0.6) is 0 Å². The fraction of sp³-hybridized carbons (Fsp3) is 0.536. The van der Waals surface area contributed by atoms with E-state index >= 15 is 0 Å². The van der Waals surface area contributed by atoms with E-state index in [1.54, 1.807) is 11.0 Å². The number of carbonyl (C=O) groups excluding carboxylic acids is 2. The number of halogens is 1. The van der Waals surface area contributed by atoms with Crippen LogP contribution in [-0.2, 0) is 16.6 Å². The molecule has 37 heavy (non-hydrogen) atoms. The number of rotatable bonds is 4. The molecule has 0 radical (unpaired) electrons. The van der Waals surface area contributed by atoms with E-state index < -0.39 is 11.5 Å². The van der Waals surface area contributed by atoms with E-state index in [1.165, 1.54) is 12.1 Å². The molecule has 3 aromatic rings. The van der Waals surface area contributed by atoms with Gasteiger partial charge in [-0.25, -0.2) is 4.39 Å². The summed E-state index contributed by atoms with van der Waals surface area (Å²) in [7, 11) is 0. The highest BCUT2D eigenvalue weighted by Gasteiger charge is 2.46. The number of nitrogens with one attached hydrogen (secondary N) is 2. The Balaban J connectivity index is 1.20. The van der Waals surface area contributed by atoms with Crippen molar-refractivity contribution in [1.29, 1.82) is 0 Å². The Kier molecular flexibility index (Phi) is 6.60. The molecule has 2 fully saturated rings. The summed E-state index contributed by atoms with van der Waals surface area (Å²) in [6.07, 6.45) is 4.01. The first kappa shape index (κ1) is 25.4. The number of benzene rings is 1. The van der Waals surface area contributed by atoms with Crippen molar-refractivity contribution in [3.05, 3.63) is 53.2 Å². The number of aryl methyl sites for hydroxylation is 1. The number of piperidine rings is 2. The van der Waals surface area contributed by atoms with Gasteiger partial charge in [-0.15, -0.1) is 0 Å². The van der Waals surface area contributed by atoms with Gasteiger partial charge in [0.1, 0.15) is 11.5 Å². The summed E-state index contributed by atoms with van der Waals surface area (Å²) < 4.78 is 13.7. The molecule has 1 spiro atoms. The molecule has 5 rings (SSSR count). The van der Waals surface area contributed by atoms with Crippen molar-refractivity contribution < 1.29 is 19.1 Å². The highest BCUT2D eigenvalue weighted by atomic mass is 19.1. The van der Waals surface area contributed by atoms with Crippen LogP contribution in [0.2, 0.25) is 0 Å². The lowest BCUT2D eigenvalue weighted by molar-refractivity contribution is -0.142. The number of aliphatic hydroxyl groups is 1. The van der Waals surface area contributed by atoms with E-state index in [9.17, 15) is 19.1 Å². The van der Waals surface area contributed by atoms with Crippen LogP contribution in [0.25, 0.3) is 10.9 Å². The van der Waals surface area contributed by atoms with Gasteiger partial charge in [-0.2, -0.15) is 5.10 Å². The van der Waals surface area contributed by atoms with Crippen molar-refractivity contribution >= 4 is 22.7 Å². The van der Waals surface area contributed by atoms with Crippen LogP contribution in [0.4, 0.5) is 4.39 Å². The summed E-state index contributed by atoms with van der Waals surface area (Å²) in [5.41, 5.74) is 2.59. The van der Waals surface area contributed by atoms with Crippen LogP contribution in [0, 0.1) is 11.2 Å². The number of amides is 2. The zero-order valence-electron chi connectivity index (χ0n) is 21.8. The van der Waals surface area contributed by atoms with Crippen LogP contribution in [-0.4, -0.2) is 74.2 Å². The van der Waals surface area contributed by atoms with E-state index in [2.05, 4.69) is 36.0 Å². The summed E-state index contributed by atoms with van der Waals surface area (Å²) >= 11 is 0. The Labute approximate surface area is 216 Å². The van der Waals surface area contributed by atoms with E-state index in [-0.39, 0.29) is 23.0 Å². The zero-order valence-corrected chi connectivity index (χ0v) is 21.8. The summed E-state index contributed by atoms with van der Waals surface area (Å²) in [5, 5.41) is 19.0. The van der Waals surface area contributed by atoms with E-state index in [0.29, 0.717) is 64.0 Å². The Morgan fingerprint density at radius 2 is 1.92 bits per heavy atom. The first-order chi connectivity index (χ1) is 17.6. The molecule has 2 saturated heterocycles. The van der Waals surface area contributed by atoms with Gasteiger partial charge in [0.25, 0.3) is 5.91 Å². The van der Waals surface area contributed by atoms with Crippen LogP contribution in [0.1, 0.15) is 68.2 Å². The van der Waals surface area contributed by atoms with Gasteiger partial charge in [-0.1, -0.05) is 20.8 Å². The van der Waals surface area contributed by atoms with Crippen molar-refractivity contribution in [3.8, 4) is 0 Å². The maximum atomic E-state index is 13.7. The second-order valence-electron chi connectivity index (χ2n) is 11.7. The minimum absolute atomic E-state index is 0.0433. The standard InChI is InChI=1S/C28H36FN5O3/c1-27(2,3)23-15-22(31-32-23)26(37)33-12-9-28(10-13-33)17-34(11-8-24(28)35)25(36)7-4-18-16-30-21-6-5-19(29)14-20(18)21/h5-6,14-16,24,30,35H,4,7-13,17H2,1-3H3,(H,31,32). The number of likely N-dealkylation sites (tertiary alicyclic amines) is 2. The molecule has 198 valence electrons. The van der Waals surface area contributed by atoms with Crippen LogP contribution < -0.4 is 0 Å². The Morgan fingerprint density at radius 1 is 1.16 bits per heavy atom. The molecule has 2 amide bonds. The van der Waals surface area contributed by atoms with Crippen molar-refractivity contribution in [2.24, 2.45) is 5.41 Å². The molecule has 0 aliphatic carbocycles. The van der Waals surface area contributed by atoms with Gasteiger partial charge in [0.05, 0.1) is 6.10 Å². The van der Waals surface area contributed by atoms with Gasteiger partial charge in [0.2, 0.25) is 5.91 Å². The number of hydrogen-bond acceptors (Lipinski definition) is 4. The first-order valence-corrected chi connectivity index (χ1v) is 13.1. The minimum atomic E-state index is -0.497. The molecule has 0 saturated carbocycles. The highest BCUT2D eigenvalue weighted by Crippen LogP contribution is 2.40. The largest absolute Gasteiger partial charge is 0.392 e. The number of aromatic nitrogens is 3. The highest BCUT2D eigenvalue weighted by molar-refractivity contribution is 5.92. The number of hydrogen-bond donors (Lipinski definition) is 3. The minimum Gasteiger partial charge on any atom is -0.392 e. The van der Waals surface area contributed by atoms with Crippen LogP contribution in [0.15, 0.2) is 30.5 Å². The van der Waals surface area contributed by atoms with E-state index in [0.717, 1.165) is 22.2 Å². The van der Waals surface area contributed by atoms with Crippen molar-refractivity contribution in [3.63, 3.8) is 0 Å². The average Bonchev–Trinajstić information content (AvgIpc) is 3.52. The lowest BCUT2D eigenvalue weighted by Gasteiger charge is -2.50. The lowest BCUT2D eigenvalue weighted by atomic mass is 9.70. The third-order valence-corrected chi connectivity index (χ3v) is 8.23. The maximum absolute atomic E-state index is 13.7. The SMILES string of the molecule is CC(C)(C)c1cc(C(=O)N2CCC3(CC2)CN(C(=O)CCc2c[nH]c4ccc(F)cc24)CCC3O)n[nH]1. The molecule has 1 unspecified atom stereocenters. The normalized spacial score (nSPS) is 20.1. The number of carbonyl (C=O) groups is 2. The maximum Gasteiger partial charge on any atom is 0.274 e. The van der Waals surface area contributed by atoms with E-state index in [4.69, 9.17) is 0 Å². The number of H-pyrrole nitrogens is 2. The quantitative estimate of drug-likeness (QED) is 0.498. The summed E-state index contributed by atoms with van der Waals surface area (Å²) in [6.45, 7) is 8.27. The van der Waals surface area contributed by atoms with Crippen molar-refractivity contribution in [1.82, 2.24) is 25.0 Å². The number of fused-ring (bicyclic) bond motifs is 1. The summed E-state index contributed by atoms with van der Waals surface area (Å²) in [4.78, 5) is 33.0. The fourth-order valence-corrected chi connectivity index (χ4v) is 5.74. The first-order valence-electron chi connectivity index (χ1n) is 13.1. The topological polar surface area (TPSA) is 105 Å². The van der Waals surface area contributed by atoms with Crippen molar-refractivity contribution in [2.75, 3.05) is 26.2 Å². The Hall–Kier alpha value is -3.20. The monoisotopic (exact) mass is 509 g/mol. The molecule has 4 heterocycles. The summed E-state index contributed by atoms with van der Waals surface area (Å²) in [5.74, 6) is -0.352. The second kappa shape index (κ2) is 9.59. The molecule has 1 atom stereocenters. The number of aromatic amines is 2. The predicted octanol–water partition coefficient (Wildman–Crippen LogP) is 3.78. The molecular weight excluding hydrogens is 473 g/mol. The molecule has 8 nitrogen and oxygen atoms in total. The predicted molar refractivity (Wildman–Crippen MR) is 139 cm³/mol. The smallest absolute Gasteiger partial charge is 0.274 e. The lowest BCUT2D eigenvalue weighted by Crippen LogP contribution is -2.58. The van der Waals surface area contributed by atoms with Crippen LogP contribution >= 0.6 is 0 Å². The molecule has 2 aliphatic heterocycles. The molecule has 1 aromatic carbocycles. The summed E-state index contributed by atoms with van der Waals surface area (Å²) in [6, 6.07) is 6.45. The third-order valence-electron chi connectivity index (χ3n) is 8.23. The van der Waals surface area contributed by atoms with Gasteiger partial charge in [0, 0.05) is 66.2 Å². The van der Waals surface area contributed by atoms with Gasteiger partial charge >= 0.3 is 0 Å². The van der Waals surface area contributed by atoms with Crippen molar-refractivity contribution in [2.45, 2.75) is 64.4 Å². The fourth-order valence-electron chi connectivity index (χ4n) is 5.74. The molecule has 3 N–H and O–H groups in total. The molecule has 0 bridgehead atoms. The van der Waals surface area contributed by atoms with Gasteiger partial charge < -0.3 is 19.9 Å². The molecule has 9 heteroatoms. The molecule has 2 aliphatic rings. The van der Waals surface area contributed by atoms with Crippen LogP contribution in [0.3, 0.4) is 0 Å². The van der Waals surface area contributed by atoms with Gasteiger partial charge in [0.15, 0.2) is 0 Å². The number of nitrogens with zero attached hydrogens (tertiary/aromatic N) is 3. The Bertz CT molecular complexity index is 1300. The molecular formula is C28H36FN5O3. The van der Waals surface area contributed by atoms with Gasteiger partial charge in [-0.05, 0) is 55.5 Å². The third kappa shape index (κ3) is 5.01.